The SMILES string of the molecule is N#CC1CC2CCC1C21CC1. The van der Waals surface area contributed by atoms with Gasteiger partial charge in [0.1, 0.15) is 0 Å². The number of nitriles is 1. The molecule has 0 saturated heterocycles. The van der Waals surface area contributed by atoms with Gasteiger partial charge in [-0.1, -0.05) is 0 Å². The van der Waals surface area contributed by atoms with Crippen LogP contribution in [0.25, 0.3) is 0 Å². The van der Waals surface area contributed by atoms with Gasteiger partial charge in [-0.15, -0.1) is 0 Å². The maximum atomic E-state index is 8.90. The Balaban J connectivity index is 1.97. The Morgan fingerprint density at radius 3 is 2.55 bits per heavy atom. The lowest BCUT2D eigenvalue weighted by Gasteiger charge is -2.14. The van der Waals surface area contributed by atoms with Gasteiger partial charge in [-0.25, -0.2) is 0 Å². The third-order valence-electron chi connectivity index (χ3n) is 4.39. The van der Waals surface area contributed by atoms with Crippen molar-refractivity contribution in [3.8, 4) is 6.07 Å². The zero-order chi connectivity index (χ0) is 7.47. The van der Waals surface area contributed by atoms with E-state index in [1.54, 1.807) is 0 Å². The average molecular weight is 147 g/mol. The van der Waals surface area contributed by atoms with Gasteiger partial charge in [-0.3, -0.25) is 0 Å². The van der Waals surface area contributed by atoms with Gasteiger partial charge in [0.2, 0.25) is 0 Å². The number of rotatable bonds is 0. The van der Waals surface area contributed by atoms with Crippen molar-refractivity contribution in [2.24, 2.45) is 23.2 Å². The molecular weight excluding hydrogens is 134 g/mol. The first-order valence-corrected chi connectivity index (χ1v) is 4.76. The molecule has 3 aliphatic carbocycles. The molecule has 3 unspecified atom stereocenters. The second-order valence-electron chi connectivity index (χ2n) is 4.59. The van der Waals surface area contributed by atoms with Crippen molar-refractivity contribution >= 4 is 0 Å². The van der Waals surface area contributed by atoms with E-state index in [0.29, 0.717) is 5.92 Å². The fraction of sp³-hybridized carbons (Fsp3) is 0.900. The van der Waals surface area contributed by atoms with Gasteiger partial charge in [0.25, 0.3) is 0 Å². The highest BCUT2D eigenvalue weighted by atomic mass is 14.7. The Labute approximate surface area is 67.4 Å². The first-order chi connectivity index (χ1) is 5.37. The normalized spacial score (nSPS) is 49.5. The topological polar surface area (TPSA) is 23.8 Å². The summed E-state index contributed by atoms with van der Waals surface area (Å²) in [5, 5.41) is 8.90. The molecule has 0 aromatic carbocycles. The van der Waals surface area contributed by atoms with Crippen molar-refractivity contribution in [3.63, 3.8) is 0 Å². The molecule has 0 heterocycles. The largest absolute Gasteiger partial charge is 0.198 e. The Morgan fingerprint density at radius 2 is 2.09 bits per heavy atom. The van der Waals surface area contributed by atoms with Crippen LogP contribution >= 0.6 is 0 Å². The second-order valence-corrected chi connectivity index (χ2v) is 4.59. The molecule has 3 aliphatic rings. The van der Waals surface area contributed by atoms with Crippen LogP contribution < -0.4 is 0 Å². The lowest BCUT2D eigenvalue weighted by molar-refractivity contribution is 0.357. The van der Waals surface area contributed by atoms with E-state index in [0.717, 1.165) is 17.3 Å². The summed E-state index contributed by atoms with van der Waals surface area (Å²) in [5.74, 6) is 2.21. The van der Waals surface area contributed by atoms with Crippen molar-refractivity contribution in [1.29, 1.82) is 5.26 Å². The summed E-state index contributed by atoms with van der Waals surface area (Å²) in [6, 6.07) is 2.49. The summed E-state index contributed by atoms with van der Waals surface area (Å²) in [6.07, 6.45) is 6.92. The van der Waals surface area contributed by atoms with E-state index in [1.807, 2.05) is 0 Å². The van der Waals surface area contributed by atoms with Gasteiger partial charge >= 0.3 is 0 Å². The fourth-order valence-electron chi connectivity index (χ4n) is 3.75. The van der Waals surface area contributed by atoms with Gasteiger partial charge in [0.05, 0.1) is 6.07 Å². The van der Waals surface area contributed by atoms with E-state index in [4.69, 9.17) is 5.26 Å². The first kappa shape index (κ1) is 6.06. The summed E-state index contributed by atoms with van der Waals surface area (Å²) in [7, 11) is 0. The summed E-state index contributed by atoms with van der Waals surface area (Å²) >= 11 is 0. The molecule has 0 aromatic rings. The van der Waals surface area contributed by atoms with E-state index in [2.05, 4.69) is 6.07 Å². The van der Waals surface area contributed by atoms with Crippen molar-refractivity contribution in [2.45, 2.75) is 32.1 Å². The zero-order valence-corrected chi connectivity index (χ0v) is 6.71. The molecule has 1 nitrogen and oxygen atoms in total. The Morgan fingerprint density at radius 1 is 1.27 bits per heavy atom. The van der Waals surface area contributed by atoms with Crippen molar-refractivity contribution in [1.82, 2.24) is 0 Å². The summed E-state index contributed by atoms with van der Waals surface area (Å²) in [5.41, 5.74) is 0.723. The molecule has 0 aromatic heterocycles. The van der Waals surface area contributed by atoms with Crippen molar-refractivity contribution in [3.05, 3.63) is 0 Å². The van der Waals surface area contributed by atoms with Gasteiger partial charge < -0.3 is 0 Å². The van der Waals surface area contributed by atoms with E-state index in [-0.39, 0.29) is 0 Å². The zero-order valence-electron chi connectivity index (χ0n) is 6.71. The molecule has 1 spiro atoms. The predicted octanol–water partition coefficient (Wildman–Crippen LogP) is 2.34. The van der Waals surface area contributed by atoms with E-state index in [9.17, 15) is 0 Å². The van der Waals surface area contributed by atoms with Crippen LogP contribution in [0.2, 0.25) is 0 Å². The van der Waals surface area contributed by atoms with Crippen LogP contribution in [0.5, 0.6) is 0 Å². The molecule has 0 N–H and O–H groups in total. The second kappa shape index (κ2) is 1.63. The van der Waals surface area contributed by atoms with Crippen LogP contribution in [0.3, 0.4) is 0 Å². The summed E-state index contributed by atoms with van der Waals surface area (Å²) < 4.78 is 0. The van der Waals surface area contributed by atoms with Crippen LogP contribution in [0, 0.1) is 34.5 Å². The van der Waals surface area contributed by atoms with Crippen LogP contribution in [0.15, 0.2) is 0 Å². The van der Waals surface area contributed by atoms with Gasteiger partial charge in [0.15, 0.2) is 0 Å². The fourth-order valence-corrected chi connectivity index (χ4v) is 3.75. The molecule has 3 fully saturated rings. The minimum absolute atomic E-state index is 0.441. The maximum Gasteiger partial charge on any atom is 0.0659 e. The summed E-state index contributed by atoms with van der Waals surface area (Å²) in [4.78, 5) is 0. The number of hydrogen-bond acceptors (Lipinski definition) is 1. The van der Waals surface area contributed by atoms with Crippen molar-refractivity contribution < 1.29 is 0 Å². The lowest BCUT2D eigenvalue weighted by atomic mass is 9.88. The Hall–Kier alpha value is -0.510. The van der Waals surface area contributed by atoms with Gasteiger partial charge in [-0.05, 0) is 49.4 Å². The maximum absolute atomic E-state index is 8.90. The summed E-state index contributed by atoms with van der Waals surface area (Å²) in [6.45, 7) is 0. The molecule has 1 heteroatoms. The molecular formula is C10H13N. The minimum atomic E-state index is 0.441. The van der Waals surface area contributed by atoms with Gasteiger partial charge in [-0.2, -0.15) is 5.26 Å². The molecule has 11 heavy (non-hydrogen) atoms. The molecule has 3 atom stereocenters. The van der Waals surface area contributed by atoms with Crippen LogP contribution in [-0.2, 0) is 0 Å². The Kier molecular flexibility index (Phi) is 0.897. The minimum Gasteiger partial charge on any atom is -0.198 e. The standard InChI is InChI=1S/C10H13N/c11-6-7-5-8-1-2-9(7)10(8)3-4-10/h7-9H,1-5H2. The van der Waals surface area contributed by atoms with E-state index < -0.39 is 0 Å². The molecule has 58 valence electrons. The third-order valence-corrected chi connectivity index (χ3v) is 4.39. The highest BCUT2D eigenvalue weighted by Crippen LogP contribution is 2.72. The number of nitrogens with zero attached hydrogens (tertiary/aromatic N) is 1. The van der Waals surface area contributed by atoms with E-state index >= 15 is 0 Å². The molecule has 2 bridgehead atoms. The smallest absolute Gasteiger partial charge is 0.0659 e. The quantitative estimate of drug-likeness (QED) is 0.516. The molecule has 3 rings (SSSR count). The van der Waals surface area contributed by atoms with Crippen LogP contribution in [-0.4, -0.2) is 0 Å². The predicted molar refractivity (Wildman–Crippen MR) is 41.6 cm³/mol. The molecule has 0 aliphatic heterocycles. The first-order valence-electron chi connectivity index (χ1n) is 4.76. The Bertz CT molecular complexity index is 234. The highest BCUT2D eigenvalue weighted by Gasteiger charge is 2.64. The highest BCUT2D eigenvalue weighted by molar-refractivity contribution is 5.17. The average Bonchev–Trinajstić information content (AvgIpc) is 2.69. The molecule has 0 radical (unpaired) electrons. The lowest BCUT2D eigenvalue weighted by Crippen LogP contribution is -2.10. The van der Waals surface area contributed by atoms with Crippen LogP contribution in [0.1, 0.15) is 32.1 Å². The third kappa shape index (κ3) is 0.537. The van der Waals surface area contributed by atoms with Gasteiger partial charge in [0, 0.05) is 5.92 Å². The number of hydrogen-bond donors (Lipinski definition) is 0. The molecule has 0 amide bonds. The molecule has 3 saturated carbocycles. The monoisotopic (exact) mass is 147 g/mol. The van der Waals surface area contributed by atoms with Crippen LogP contribution in [0.4, 0.5) is 0 Å². The van der Waals surface area contributed by atoms with Crippen molar-refractivity contribution in [2.75, 3.05) is 0 Å². The van der Waals surface area contributed by atoms with E-state index in [1.165, 1.54) is 32.1 Å².